The first-order chi connectivity index (χ1) is 8.81. The van der Waals surface area contributed by atoms with Gasteiger partial charge < -0.3 is 15.4 Å². The number of rotatable bonds is 7. The van der Waals surface area contributed by atoms with Crippen molar-refractivity contribution in [2.24, 2.45) is 0 Å². The van der Waals surface area contributed by atoms with E-state index in [1.807, 2.05) is 6.07 Å². The predicted molar refractivity (Wildman–Crippen MR) is 75.3 cm³/mol. The zero-order chi connectivity index (χ0) is 12.8. The Balaban J connectivity index is 1.75. The molecule has 0 fully saturated rings. The quantitative estimate of drug-likeness (QED) is 0.725. The maximum Gasteiger partial charge on any atom is 0.122 e. The van der Waals surface area contributed by atoms with Crippen LogP contribution >= 0.6 is 0 Å². The van der Waals surface area contributed by atoms with Gasteiger partial charge in [-0.2, -0.15) is 0 Å². The van der Waals surface area contributed by atoms with Crippen LogP contribution in [0.15, 0.2) is 24.3 Å². The maximum atomic E-state index is 5.69. The van der Waals surface area contributed by atoms with Crippen LogP contribution < -0.4 is 15.4 Å². The summed E-state index contributed by atoms with van der Waals surface area (Å²) < 4.78 is 5.69. The molecule has 1 aromatic rings. The lowest BCUT2D eigenvalue weighted by Gasteiger charge is -2.17. The molecule has 0 radical (unpaired) electrons. The summed E-state index contributed by atoms with van der Waals surface area (Å²) >= 11 is 0. The lowest BCUT2D eigenvalue weighted by molar-refractivity contribution is 0.322. The van der Waals surface area contributed by atoms with Gasteiger partial charge in [-0.1, -0.05) is 25.1 Å². The summed E-state index contributed by atoms with van der Waals surface area (Å²) in [5, 5.41) is 7.02. The van der Waals surface area contributed by atoms with Gasteiger partial charge in [0.2, 0.25) is 0 Å². The number of fused-ring (bicyclic) bond motifs is 1. The van der Waals surface area contributed by atoms with Crippen molar-refractivity contribution in [3.05, 3.63) is 29.8 Å². The molecule has 3 nitrogen and oxygen atoms in total. The Labute approximate surface area is 110 Å². The maximum absolute atomic E-state index is 5.69. The minimum atomic E-state index is 0.495. The fourth-order valence-electron chi connectivity index (χ4n) is 2.31. The molecule has 0 saturated heterocycles. The number of ether oxygens (including phenoxy) is 1. The van der Waals surface area contributed by atoms with Crippen molar-refractivity contribution in [1.29, 1.82) is 0 Å². The third-order valence-electron chi connectivity index (χ3n) is 3.39. The highest BCUT2D eigenvalue weighted by Gasteiger charge is 2.23. The SMILES string of the molecule is CCCNCC(C)NCC1COc2ccccc21. The Hall–Kier alpha value is -1.06. The van der Waals surface area contributed by atoms with Gasteiger partial charge in [0.25, 0.3) is 0 Å². The van der Waals surface area contributed by atoms with Crippen LogP contribution in [0.5, 0.6) is 5.75 Å². The molecular formula is C15H24N2O. The molecule has 3 heteroatoms. The molecule has 1 aromatic carbocycles. The molecule has 18 heavy (non-hydrogen) atoms. The van der Waals surface area contributed by atoms with Gasteiger partial charge in [-0.15, -0.1) is 0 Å². The van der Waals surface area contributed by atoms with Crippen molar-refractivity contribution in [1.82, 2.24) is 10.6 Å². The van der Waals surface area contributed by atoms with E-state index in [1.165, 1.54) is 12.0 Å². The largest absolute Gasteiger partial charge is 0.493 e. The highest BCUT2D eigenvalue weighted by molar-refractivity contribution is 5.39. The third-order valence-corrected chi connectivity index (χ3v) is 3.39. The minimum absolute atomic E-state index is 0.495. The Morgan fingerprint density at radius 3 is 3.06 bits per heavy atom. The highest BCUT2D eigenvalue weighted by Crippen LogP contribution is 2.32. The molecule has 2 atom stereocenters. The molecule has 1 aliphatic heterocycles. The fourth-order valence-corrected chi connectivity index (χ4v) is 2.31. The molecule has 1 heterocycles. The van der Waals surface area contributed by atoms with Crippen molar-refractivity contribution in [3.8, 4) is 5.75 Å². The van der Waals surface area contributed by atoms with Crippen LogP contribution in [-0.2, 0) is 0 Å². The zero-order valence-electron chi connectivity index (χ0n) is 11.4. The monoisotopic (exact) mass is 248 g/mol. The first-order valence-electron chi connectivity index (χ1n) is 6.97. The standard InChI is InChI=1S/C15H24N2O/c1-3-8-16-9-12(2)17-10-13-11-18-15-7-5-4-6-14(13)15/h4-7,12-13,16-17H,3,8-11H2,1-2H3. The summed E-state index contributed by atoms with van der Waals surface area (Å²) in [5.74, 6) is 1.55. The summed E-state index contributed by atoms with van der Waals surface area (Å²) in [7, 11) is 0. The Kier molecular flexibility index (Phi) is 5.02. The van der Waals surface area contributed by atoms with E-state index in [0.717, 1.165) is 32.0 Å². The molecule has 2 unspecified atom stereocenters. The number of nitrogens with one attached hydrogen (secondary N) is 2. The van der Waals surface area contributed by atoms with E-state index >= 15 is 0 Å². The van der Waals surface area contributed by atoms with E-state index in [0.29, 0.717) is 12.0 Å². The molecule has 1 aliphatic rings. The molecule has 0 spiro atoms. The molecule has 2 N–H and O–H groups in total. The van der Waals surface area contributed by atoms with Gasteiger partial charge in [0.05, 0.1) is 6.61 Å². The lowest BCUT2D eigenvalue weighted by atomic mass is 10.0. The first-order valence-corrected chi connectivity index (χ1v) is 6.97. The lowest BCUT2D eigenvalue weighted by Crippen LogP contribution is -2.38. The summed E-state index contributed by atoms with van der Waals surface area (Å²) in [6, 6.07) is 8.86. The topological polar surface area (TPSA) is 33.3 Å². The van der Waals surface area contributed by atoms with Gasteiger partial charge in [0.1, 0.15) is 5.75 Å². The number of benzene rings is 1. The van der Waals surface area contributed by atoms with Crippen molar-refractivity contribution in [2.75, 3.05) is 26.2 Å². The summed E-state index contributed by atoms with van der Waals surface area (Å²) in [5.41, 5.74) is 1.35. The zero-order valence-corrected chi connectivity index (χ0v) is 11.4. The predicted octanol–water partition coefficient (Wildman–Crippen LogP) is 2.14. The van der Waals surface area contributed by atoms with Gasteiger partial charge in [-0.25, -0.2) is 0 Å². The van der Waals surface area contributed by atoms with Crippen molar-refractivity contribution in [2.45, 2.75) is 32.2 Å². The molecule has 0 bridgehead atoms. The number of hydrogen-bond donors (Lipinski definition) is 2. The normalized spacial score (nSPS) is 19.3. The van der Waals surface area contributed by atoms with E-state index < -0.39 is 0 Å². The average molecular weight is 248 g/mol. The van der Waals surface area contributed by atoms with Gasteiger partial charge in [-0.3, -0.25) is 0 Å². The second-order valence-electron chi connectivity index (χ2n) is 5.06. The van der Waals surface area contributed by atoms with Crippen molar-refractivity contribution >= 4 is 0 Å². The van der Waals surface area contributed by atoms with E-state index in [9.17, 15) is 0 Å². The summed E-state index contributed by atoms with van der Waals surface area (Å²) in [6.45, 7) is 8.35. The van der Waals surface area contributed by atoms with Gasteiger partial charge in [-0.05, 0) is 26.0 Å². The molecule has 2 rings (SSSR count). The molecule has 0 saturated carbocycles. The number of hydrogen-bond acceptors (Lipinski definition) is 3. The second kappa shape index (κ2) is 6.76. The smallest absolute Gasteiger partial charge is 0.122 e. The van der Waals surface area contributed by atoms with Crippen LogP contribution in [0.3, 0.4) is 0 Å². The molecule has 0 aromatic heterocycles. The van der Waals surface area contributed by atoms with Crippen LogP contribution in [0.25, 0.3) is 0 Å². The van der Waals surface area contributed by atoms with E-state index in [-0.39, 0.29) is 0 Å². The fraction of sp³-hybridized carbons (Fsp3) is 0.600. The summed E-state index contributed by atoms with van der Waals surface area (Å²) in [4.78, 5) is 0. The molecular weight excluding hydrogens is 224 g/mol. The average Bonchev–Trinajstić information content (AvgIpc) is 2.80. The Morgan fingerprint density at radius 1 is 1.39 bits per heavy atom. The van der Waals surface area contributed by atoms with Crippen LogP contribution in [0.4, 0.5) is 0 Å². The van der Waals surface area contributed by atoms with Crippen LogP contribution in [0.2, 0.25) is 0 Å². The Morgan fingerprint density at radius 2 is 2.22 bits per heavy atom. The van der Waals surface area contributed by atoms with Gasteiger partial charge in [0.15, 0.2) is 0 Å². The van der Waals surface area contributed by atoms with Crippen LogP contribution in [0.1, 0.15) is 31.7 Å². The first kappa shape index (κ1) is 13.4. The minimum Gasteiger partial charge on any atom is -0.493 e. The molecule has 100 valence electrons. The van der Waals surface area contributed by atoms with Crippen LogP contribution in [-0.4, -0.2) is 32.3 Å². The van der Waals surface area contributed by atoms with Gasteiger partial charge >= 0.3 is 0 Å². The third kappa shape index (κ3) is 3.47. The van der Waals surface area contributed by atoms with Crippen LogP contribution in [0, 0.1) is 0 Å². The van der Waals surface area contributed by atoms with E-state index in [4.69, 9.17) is 4.74 Å². The Bertz CT molecular complexity index is 367. The van der Waals surface area contributed by atoms with E-state index in [1.54, 1.807) is 0 Å². The summed E-state index contributed by atoms with van der Waals surface area (Å²) in [6.07, 6.45) is 1.19. The van der Waals surface area contributed by atoms with Crippen molar-refractivity contribution in [3.63, 3.8) is 0 Å². The second-order valence-corrected chi connectivity index (χ2v) is 5.06. The number of para-hydroxylation sites is 1. The highest BCUT2D eigenvalue weighted by atomic mass is 16.5. The van der Waals surface area contributed by atoms with E-state index in [2.05, 4.69) is 42.7 Å². The van der Waals surface area contributed by atoms with Gasteiger partial charge in [0, 0.05) is 30.6 Å². The van der Waals surface area contributed by atoms with Crippen molar-refractivity contribution < 1.29 is 4.74 Å². The molecule has 0 aliphatic carbocycles. The molecule has 0 amide bonds.